The normalized spacial score (nSPS) is 14.8. The standard InChI is InChI=1S/C16H17N6O3/c17-13(23)6-14(24)22-4-3-21(15(25)8-22)7-10-1-2-11-12(5-10)19-9-20-16(11)18/h1-2,5-6,9H,3-4,7-8H2,(H2,17,23)(H2,18,19,20). The van der Waals surface area contributed by atoms with Crippen molar-refractivity contribution in [3.05, 3.63) is 36.5 Å². The Morgan fingerprint density at radius 3 is 2.76 bits per heavy atom. The van der Waals surface area contributed by atoms with Crippen molar-refractivity contribution in [1.82, 2.24) is 19.8 Å². The monoisotopic (exact) mass is 341 g/mol. The zero-order valence-electron chi connectivity index (χ0n) is 13.4. The molecule has 25 heavy (non-hydrogen) atoms. The number of aromatic nitrogens is 2. The van der Waals surface area contributed by atoms with E-state index in [1.807, 2.05) is 18.2 Å². The van der Waals surface area contributed by atoms with Gasteiger partial charge in [-0.25, -0.2) is 9.97 Å². The van der Waals surface area contributed by atoms with Crippen molar-refractivity contribution in [2.45, 2.75) is 6.54 Å². The van der Waals surface area contributed by atoms with Crippen molar-refractivity contribution < 1.29 is 14.4 Å². The lowest BCUT2D eigenvalue weighted by Crippen LogP contribution is -2.52. The quantitative estimate of drug-likeness (QED) is 0.690. The lowest BCUT2D eigenvalue weighted by atomic mass is 10.1. The van der Waals surface area contributed by atoms with E-state index >= 15 is 0 Å². The maximum absolute atomic E-state index is 12.3. The Morgan fingerprint density at radius 1 is 1.24 bits per heavy atom. The summed E-state index contributed by atoms with van der Waals surface area (Å²) in [6.07, 6.45) is 2.18. The third-order valence-electron chi connectivity index (χ3n) is 4.00. The molecule has 4 N–H and O–H groups in total. The Labute approximate surface area is 143 Å². The van der Waals surface area contributed by atoms with E-state index in [0.29, 0.717) is 31.0 Å². The van der Waals surface area contributed by atoms with Crippen LogP contribution in [-0.2, 0) is 20.9 Å². The molecule has 9 nitrogen and oxygen atoms in total. The fraction of sp³-hybridized carbons (Fsp3) is 0.250. The molecule has 0 unspecified atom stereocenters. The van der Waals surface area contributed by atoms with Crippen molar-refractivity contribution in [2.24, 2.45) is 5.73 Å². The minimum absolute atomic E-state index is 0.0781. The Bertz CT molecular complexity index is 853. The molecular formula is C16H17N6O3. The number of hydrogen-bond acceptors (Lipinski definition) is 6. The Kier molecular flexibility index (Phi) is 4.46. The molecule has 3 rings (SSSR count). The highest BCUT2D eigenvalue weighted by atomic mass is 16.2. The largest absolute Gasteiger partial charge is 0.383 e. The number of benzene rings is 1. The highest BCUT2D eigenvalue weighted by Crippen LogP contribution is 2.19. The molecule has 1 saturated heterocycles. The third kappa shape index (κ3) is 3.65. The first-order valence-electron chi connectivity index (χ1n) is 7.64. The minimum atomic E-state index is -0.822. The summed E-state index contributed by atoms with van der Waals surface area (Å²) in [7, 11) is 0. The van der Waals surface area contributed by atoms with Crippen LogP contribution in [0.5, 0.6) is 0 Å². The van der Waals surface area contributed by atoms with E-state index in [1.54, 1.807) is 4.90 Å². The number of primary amides is 1. The summed E-state index contributed by atoms with van der Waals surface area (Å²) < 4.78 is 0. The molecule has 1 aromatic carbocycles. The number of anilines is 1. The number of rotatable bonds is 4. The molecule has 1 aromatic heterocycles. The Balaban J connectivity index is 1.67. The maximum atomic E-state index is 12.3. The van der Waals surface area contributed by atoms with Crippen LogP contribution in [-0.4, -0.2) is 57.1 Å². The number of piperazine rings is 1. The summed E-state index contributed by atoms with van der Waals surface area (Å²) in [6.45, 7) is 1.05. The van der Waals surface area contributed by atoms with E-state index in [4.69, 9.17) is 11.5 Å². The molecule has 0 saturated carbocycles. The number of fused-ring (bicyclic) bond motifs is 1. The van der Waals surface area contributed by atoms with Crippen LogP contribution in [0, 0.1) is 6.42 Å². The molecule has 129 valence electrons. The molecule has 9 heteroatoms. The number of carbonyl (C=O) groups is 3. The van der Waals surface area contributed by atoms with Gasteiger partial charge in [-0.05, 0) is 17.7 Å². The summed E-state index contributed by atoms with van der Waals surface area (Å²) in [5, 5.41) is 0.759. The van der Waals surface area contributed by atoms with Gasteiger partial charge in [0.25, 0.3) is 0 Å². The molecule has 1 aliphatic heterocycles. The van der Waals surface area contributed by atoms with Gasteiger partial charge in [0.2, 0.25) is 17.7 Å². The van der Waals surface area contributed by atoms with E-state index in [-0.39, 0.29) is 12.5 Å². The van der Waals surface area contributed by atoms with Crippen LogP contribution in [0.3, 0.4) is 0 Å². The first kappa shape index (κ1) is 16.6. The van der Waals surface area contributed by atoms with Crippen LogP contribution in [0.15, 0.2) is 24.5 Å². The molecule has 1 radical (unpaired) electrons. The van der Waals surface area contributed by atoms with E-state index in [2.05, 4.69) is 9.97 Å². The van der Waals surface area contributed by atoms with Crippen molar-refractivity contribution in [3.8, 4) is 0 Å². The first-order chi connectivity index (χ1) is 11.9. The van der Waals surface area contributed by atoms with Crippen LogP contribution in [0.2, 0.25) is 0 Å². The van der Waals surface area contributed by atoms with Gasteiger partial charge in [0.15, 0.2) is 0 Å². The maximum Gasteiger partial charge on any atom is 0.242 e. The molecule has 0 atom stereocenters. The topological polar surface area (TPSA) is 136 Å². The number of carbonyl (C=O) groups excluding carboxylic acids is 3. The van der Waals surface area contributed by atoms with E-state index < -0.39 is 11.8 Å². The third-order valence-corrected chi connectivity index (χ3v) is 4.00. The summed E-state index contributed by atoms with van der Waals surface area (Å²) in [4.78, 5) is 45.9. The molecule has 0 bridgehead atoms. The van der Waals surface area contributed by atoms with Gasteiger partial charge < -0.3 is 21.3 Å². The fourth-order valence-electron chi connectivity index (χ4n) is 2.72. The van der Waals surface area contributed by atoms with Crippen molar-refractivity contribution >= 4 is 34.4 Å². The van der Waals surface area contributed by atoms with Crippen LogP contribution in [0.1, 0.15) is 5.56 Å². The first-order valence-corrected chi connectivity index (χ1v) is 7.64. The smallest absolute Gasteiger partial charge is 0.242 e. The molecule has 2 aromatic rings. The van der Waals surface area contributed by atoms with Crippen LogP contribution in [0.25, 0.3) is 10.9 Å². The van der Waals surface area contributed by atoms with Gasteiger partial charge in [-0.1, -0.05) is 6.07 Å². The molecule has 3 amide bonds. The second-order valence-electron chi connectivity index (χ2n) is 5.73. The second kappa shape index (κ2) is 6.71. The molecule has 1 fully saturated rings. The number of hydrogen-bond donors (Lipinski definition) is 2. The van der Waals surface area contributed by atoms with E-state index in [1.165, 1.54) is 11.2 Å². The predicted octanol–water partition coefficient (Wildman–Crippen LogP) is -0.928. The van der Waals surface area contributed by atoms with Crippen molar-refractivity contribution in [1.29, 1.82) is 0 Å². The molecular weight excluding hydrogens is 324 g/mol. The van der Waals surface area contributed by atoms with Crippen LogP contribution in [0.4, 0.5) is 5.82 Å². The Morgan fingerprint density at radius 2 is 2.04 bits per heavy atom. The molecule has 2 heterocycles. The average molecular weight is 341 g/mol. The van der Waals surface area contributed by atoms with Gasteiger partial charge in [-0.2, -0.15) is 0 Å². The predicted molar refractivity (Wildman–Crippen MR) is 89.4 cm³/mol. The SMILES string of the molecule is NC(=O)[CH]C(=O)N1CCN(Cc2ccc3c(N)ncnc3c2)C(=O)C1. The van der Waals surface area contributed by atoms with Gasteiger partial charge in [0.05, 0.1) is 12.1 Å². The zero-order chi connectivity index (χ0) is 18.0. The summed E-state index contributed by atoms with van der Waals surface area (Å²) in [5.74, 6) is -1.15. The van der Waals surface area contributed by atoms with Crippen LogP contribution >= 0.6 is 0 Å². The van der Waals surface area contributed by atoms with Gasteiger partial charge in [-0.3, -0.25) is 14.4 Å². The summed E-state index contributed by atoms with van der Waals surface area (Å²) >= 11 is 0. The number of nitrogen functional groups attached to an aromatic ring is 1. The molecule has 0 aliphatic carbocycles. The zero-order valence-corrected chi connectivity index (χ0v) is 13.4. The van der Waals surface area contributed by atoms with Gasteiger partial charge in [0, 0.05) is 25.0 Å². The molecule has 0 spiro atoms. The number of amides is 3. The molecule has 1 aliphatic rings. The number of nitrogens with two attached hydrogens (primary N) is 2. The van der Waals surface area contributed by atoms with E-state index in [0.717, 1.165) is 17.4 Å². The van der Waals surface area contributed by atoms with Crippen molar-refractivity contribution in [2.75, 3.05) is 25.4 Å². The highest BCUT2D eigenvalue weighted by molar-refractivity contribution is 6.08. The Hall–Kier alpha value is -3.23. The van der Waals surface area contributed by atoms with Crippen LogP contribution < -0.4 is 11.5 Å². The van der Waals surface area contributed by atoms with Crippen molar-refractivity contribution in [3.63, 3.8) is 0 Å². The highest BCUT2D eigenvalue weighted by Gasteiger charge is 2.27. The summed E-state index contributed by atoms with van der Waals surface area (Å²) in [5.41, 5.74) is 12.4. The average Bonchev–Trinajstić information content (AvgIpc) is 2.56. The van der Waals surface area contributed by atoms with E-state index in [9.17, 15) is 14.4 Å². The van der Waals surface area contributed by atoms with Gasteiger partial charge in [-0.15, -0.1) is 0 Å². The lowest BCUT2D eigenvalue weighted by Gasteiger charge is -2.34. The minimum Gasteiger partial charge on any atom is -0.383 e. The lowest BCUT2D eigenvalue weighted by molar-refractivity contribution is -0.144. The van der Waals surface area contributed by atoms with Gasteiger partial charge >= 0.3 is 0 Å². The summed E-state index contributed by atoms with van der Waals surface area (Å²) in [6, 6.07) is 5.55. The van der Waals surface area contributed by atoms with Gasteiger partial charge in [0.1, 0.15) is 18.6 Å². The number of nitrogens with zero attached hydrogens (tertiary/aromatic N) is 4. The second-order valence-corrected chi connectivity index (χ2v) is 5.73. The fourth-order valence-corrected chi connectivity index (χ4v) is 2.72.